The quantitative estimate of drug-likeness (QED) is 0.368. The van der Waals surface area contributed by atoms with Crippen molar-refractivity contribution < 1.29 is 23.6 Å². The van der Waals surface area contributed by atoms with Crippen LogP contribution in [0.25, 0.3) is 11.3 Å². The van der Waals surface area contributed by atoms with Crippen LogP contribution in [0.1, 0.15) is 81.2 Å². The summed E-state index contributed by atoms with van der Waals surface area (Å²) in [5, 5.41) is 6.98. The zero-order valence-electron chi connectivity index (χ0n) is 22.0. The lowest BCUT2D eigenvalue weighted by atomic mass is 9.50. The number of anilines is 1. The summed E-state index contributed by atoms with van der Waals surface area (Å²) in [6.07, 6.45) is 10.5. The van der Waals surface area contributed by atoms with Crippen LogP contribution in [-0.4, -0.2) is 17.4 Å². The summed E-state index contributed by atoms with van der Waals surface area (Å²) < 4.78 is 11.2. The van der Waals surface area contributed by atoms with E-state index in [2.05, 4.69) is 34.7 Å². The topological polar surface area (TPSA) is 98.5 Å². The molecule has 1 N–H and O–H groups in total. The molecule has 0 saturated heterocycles. The van der Waals surface area contributed by atoms with Gasteiger partial charge in [0.05, 0.1) is 0 Å². The first-order chi connectivity index (χ1) is 18.4. The van der Waals surface area contributed by atoms with Gasteiger partial charge in [-0.15, -0.1) is 0 Å². The lowest BCUT2D eigenvalue weighted by molar-refractivity contribution is -0.191. The van der Waals surface area contributed by atoms with Crippen LogP contribution in [0.2, 0.25) is 0 Å². The molecular weight excluding hydrogens is 480 g/mol. The van der Waals surface area contributed by atoms with Gasteiger partial charge >= 0.3 is 12.2 Å². The molecule has 7 rings (SSSR count). The van der Waals surface area contributed by atoms with E-state index in [0.717, 1.165) is 17.0 Å². The summed E-state index contributed by atoms with van der Waals surface area (Å²) in [5.41, 5.74) is 5.51. The van der Waals surface area contributed by atoms with E-state index in [1.165, 1.54) is 56.9 Å². The van der Waals surface area contributed by atoms with Crippen LogP contribution < -0.4 is 5.32 Å². The SMILES string of the molecule is Cc1noc(-c2ccc(C34CCC(C5CC5)(CC3)CC4)cc2)c1NC(=O)OC(C)c1ccccc1.O=C=O. The van der Waals surface area contributed by atoms with Crippen molar-refractivity contribution in [3.63, 3.8) is 0 Å². The Labute approximate surface area is 222 Å². The number of rotatable bonds is 6. The number of hydrogen-bond donors (Lipinski definition) is 1. The van der Waals surface area contributed by atoms with Crippen LogP contribution in [0.3, 0.4) is 0 Å². The Morgan fingerprint density at radius 3 is 2.18 bits per heavy atom. The molecule has 4 fully saturated rings. The van der Waals surface area contributed by atoms with Gasteiger partial charge in [-0.2, -0.15) is 9.59 Å². The number of aryl methyl sites for hydroxylation is 1. The number of fused-ring (bicyclic) bond motifs is 3. The van der Waals surface area contributed by atoms with E-state index in [9.17, 15) is 4.79 Å². The number of benzene rings is 2. The smallest absolute Gasteiger partial charge is 0.412 e. The highest BCUT2D eigenvalue weighted by Gasteiger charge is 2.54. The third kappa shape index (κ3) is 5.03. The second kappa shape index (κ2) is 10.6. The lowest BCUT2D eigenvalue weighted by Crippen LogP contribution is -2.45. The Morgan fingerprint density at radius 1 is 1.00 bits per heavy atom. The largest absolute Gasteiger partial charge is 0.441 e. The zero-order valence-corrected chi connectivity index (χ0v) is 22.0. The second-order valence-corrected chi connectivity index (χ2v) is 11.1. The van der Waals surface area contributed by atoms with E-state index in [4.69, 9.17) is 18.8 Å². The van der Waals surface area contributed by atoms with Gasteiger partial charge < -0.3 is 9.26 Å². The predicted molar refractivity (Wildman–Crippen MR) is 141 cm³/mol. The molecule has 38 heavy (non-hydrogen) atoms. The van der Waals surface area contributed by atoms with Crippen molar-refractivity contribution in [1.82, 2.24) is 5.16 Å². The number of carbonyl (C=O) groups is 1. The highest BCUT2D eigenvalue weighted by molar-refractivity contribution is 5.90. The van der Waals surface area contributed by atoms with Crippen LogP contribution in [0.5, 0.6) is 0 Å². The number of aromatic nitrogens is 1. The van der Waals surface area contributed by atoms with Crippen LogP contribution in [0.15, 0.2) is 59.1 Å². The molecule has 1 unspecified atom stereocenters. The van der Waals surface area contributed by atoms with E-state index < -0.39 is 6.09 Å². The number of carbonyl (C=O) groups excluding carboxylic acids is 3. The van der Waals surface area contributed by atoms with Gasteiger partial charge in [0.1, 0.15) is 17.5 Å². The van der Waals surface area contributed by atoms with Crippen LogP contribution in [0.4, 0.5) is 10.5 Å². The van der Waals surface area contributed by atoms with Gasteiger partial charge in [0.25, 0.3) is 0 Å². The van der Waals surface area contributed by atoms with Gasteiger partial charge in [-0.05, 0) is 93.1 Å². The summed E-state index contributed by atoms with van der Waals surface area (Å²) in [6, 6.07) is 18.5. The standard InChI is InChI=1S/C30H34N2O3.CO2/c1-20-26(31-28(33)34-21(2)22-6-4-3-5-7-22)27(35-32-20)23-8-10-24(11-9-23)29-14-17-30(18-15-29,19-16-29)25-12-13-25;2-1-3/h3-11,21,25H,12-19H2,1-2H3,(H,31,33);. The Kier molecular flexibility index (Phi) is 7.22. The molecule has 1 heterocycles. The first kappa shape index (κ1) is 25.9. The summed E-state index contributed by atoms with van der Waals surface area (Å²) in [7, 11) is 0. The molecular formula is C31H34N2O5. The van der Waals surface area contributed by atoms with Crippen molar-refractivity contribution in [3.05, 3.63) is 71.4 Å². The van der Waals surface area contributed by atoms with E-state index in [1.807, 2.05) is 44.2 Å². The summed E-state index contributed by atoms with van der Waals surface area (Å²) in [4.78, 5) is 28.9. The maximum atomic E-state index is 12.7. The number of nitrogens with zero attached hydrogens (tertiary/aromatic N) is 1. The van der Waals surface area contributed by atoms with Crippen molar-refractivity contribution in [1.29, 1.82) is 0 Å². The second-order valence-electron chi connectivity index (χ2n) is 11.1. The molecule has 4 aliphatic rings. The molecule has 7 heteroatoms. The van der Waals surface area contributed by atoms with Crippen molar-refractivity contribution in [3.8, 4) is 11.3 Å². The minimum atomic E-state index is -0.520. The van der Waals surface area contributed by atoms with Gasteiger partial charge in [0.2, 0.25) is 0 Å². The lowest BCUT2D eigenvalue weighted by Gasteiger charge is -2.54. The number of hydrogen-bond acceptors (Lipinski definition) is 6. The molecule has 2 aromatic carbocycles. The fraction of sp³-hybridized carbons (Fsp3) is 0.452. The van der Waals surface area contributed by atoms with Crippen LogP contribution in [-0.2, 0) is 19.7 Å². The minimum Gasteiger partial charge on any atom is -0.441 e. The third-order valence-electron chi connectivity index (χ3n) is 9.15. The highest BCUT2D eigenvalue weighted by Crippen LogP contribution is 2.65. The summed E-state index contributed by atoms with van der Waals surface area (Å²) in [5.74, 6) is 1.59. The van der Waals surface area contributed by atoms with Crippen LogP contribution >= 0.6 is 0 Å². The Hall–Kier alpha value is -3.70. The molecule has 4 aliphatic carbocycles. The maximum Gasteiger partial charge on any atom is 0.412 e. The first-order valence-corrected chi connectivity index (χ1v) is 13.5. The molecule has 7 nitrogen and oxygen atoms in total. The average molecular weight is 515 g/mol. The predicted octanol–water partition coefficient (Wildman–Crippen LogP) is 7.38. The highest BCUT2D eigenvalue weighted by atomic mass is 16.6. The molecule has 1 amide bonds. The van der Waals surface area contributed by atoms with Gasteiger partial charge in [-0.25, -0.2) is 4.79 Å². The Morgan fingerprint density at radius 2 is 1.61 bits per heavy atom. The van der Waals surface area contributed by atoms with Gasteiger partial charge in [-0.1, -0.05) is 59.8 Å². The molecule has 1 atom stereocenters. The van der Waals surface area contributed by atoms with Crippen molar-refractivity contribution in [2.45, 2.75) is 76.7 Å². The molecule has 198 valence electrons. The van der Waals surface area contributed by atoms with Gasteiger partial charge in [-0.3, -0.25) is 5.32 Å². The van der Waals surface area contributed by atoms with Gasteiger partial charge in [0, 0.05) is 5.56 Å². The molecule has 2 bridgehead atoms. The number of nitrogens with one attached hydrogen (secondary N) is 1. The van der Waals surface area contributed by atoms with E-state index in [-0.39, 0.29) is 12.3 Å². The normalized spacial score (nSPS) is 24.5. The Bertz CT molecular complexity index is 1280. The fourth-order valence-corrected chi connectivity index (χ4v) is 6.73. The summed E-state index contributed by atoms with van der Waals surface area (Å²) >= 11 is 0. The Balaban J connectivity index is 0.000000937. The van der Waals surface area contributed by atoms with Crippen molar-refractivity contribution in [2.24, 2.45) is 11.3 Å². The summed E-state index contributed by atoms with van der Waals surface area (Å²) in [6.45, 7) is 3.69. The van der Waals surface area contributed by atoms with Crippen molar-refractivity contribution in [2.75, 3.05) is 5.32 Å². The number of ether oxygens (including phenoxy) is 1. The average Bonchev–Trinajstić information content (AvgIpc) is 3.76. The molecule has 0 radical (unpaired) electrons. The van der Waals surface area contributed by atoms with E-state index >= 15 is 0 Å². The van der Waals surface area contributed by atoms with E-state index in [1.54, 1.807) is 0 Å². The van der Waals surface area contributed by atoms with Crippen LogP contribution in [0, 0.1) is 18.3 Å². The monoisotopic (exact) mass is 514 g/mol. The third-order valence-corrected chi connectivity index (χ3v) is 9.15. The van der Waals surface area contributed by atoms with E-state index in [0.29, 0.717) is 28.0 Å². The molecule has 4 saturated carbocycles. The maximum absolute atomic E-state index is 12.7. The fourth-order valence-electron chi connectivity index (χ4n) is 6.73. The minimum absolute atomic E-state index is 0.250. The zero-order chi connectivity index (χ0) is 26.8. The molecule has 0 spiro atoms. The molecule has 3 aromatic rings. The molecule has 0 aliphatic heterocycles. The first-order valence-electron chi connectivity index (χ1n) is 13.5. The van der Waals surface area contributed by atoms with Crippen molar-refractivity contribution >= 4 is 17.9 Å². The van der Waals surface area contributed by atoms with Gasteiger partial charge in [0.15, 0.2) is 5.76 Å². The number of amides is 1. The molecule has 1 aromatic heterocycles.